The first-order valence-corrected chi connectivity index (χ1v) is 13.4. The predicted molar refractivity (Wildman–Crippen MR) is 162 cm³/mol. The van der Waals surface area contributed by atoms with Gasteiger partial charge in [-0.15, -0.1) is 0 Å². The van der Waals surface area contributed by atoms with Crippen LogP contribution in [0, 0.1) is 96.9 Å². The van der Waals surface area contributed by atoms with Gasteiger partial charge >= 0.3 is 0 Å². The lowest BCUT2D eigenvalue weighted by molar-refractivity contribution is 1.07. The molecule has 0 unspecified atom stereocenters. The van der Waals surface area contributed by atoms with Crippen molar-refractivity contribution in [3.63, 3.8) is 0 Å². The fraction of sp³-hybridized carbons (Fsp3) is 0.429. The molecule has 0 aliphatic rings. The Bertz CT molecular complexity index is 1260. The van der Waals surface area contributed by atoms with Crippen LogP contribution in [0.15, 0.2) is 6.08 Å². The summed E-state index contributed by atoms with van der Waals surface area (Å²) in [4.78, 5) is 2.64. The van der Waals surface area contributed by atoms with Crippen molar-refractivity contribution < 1.29 is 0 Å². The summed E-state index contributed by atoms with van der Waals surface area (Å²) in [5.41, 5.74) is 24.7. The van der Waals surface area contributed by atoms with Crippen LogP contribution in [0.1, 0.15) is 90.4 Å². The lowest BCUT2D eigenvalue weighted by atomic mass is 9.86. The molecule has 3 rings (SSSR count). The first-order chi connectivity index (χ1) is 16.7. The molecule has 0 heterocycles. The van der Waals surface area contributed by atoms with E-state index >= 15 is 0 Å². The fourth-order valence-corrected chi connectivity index (χ4v) is 6.04. The highest BCUT2D eigenvalue weighted by molar-refractivity contribution is 5.90. The molecule has 3 aromatic rings. The minimum Gasteiger partial charge on any atom is -0.309 e. The van der Waals surface area contributed by atoms with Gasteiger partial charge in [0.15, 0.2) is 0 Å². The van der Waals surface area contributed by atoms with Crippen LogP contribution in [0.2, 0.25) is 0 Å². The van der Waals surface area contributed by atoms with Crippen molar-refractivity contribution >= 4 is 23.1 Å². The average Bonchev–Trinajstić information content (AvgIpc) is 2.85. The van der Waals surface area contributed by atoms with Crippen LogP contribution in [0.4, 0.5) is 17.1 Å². The van der Waals surface area contributed by atoms with Crippen LogP contribution in [0.5, 0.6) is 0 Å². The Kier molecular flexibility index (Phi) is 7.66. The molecule has 0 radical (unpaired) electrons. The Morgan fingerprint density at radius 3 is 0.806 bits per heavy atom. The molecule has 0 N–H and O–H groups in total. The molecule has 1 nitrogen and oxygen atoms in total. The fourth-order valence-electron chi connectivity index (χ4n) is 6.04. The Hall–Kier alpha value is -2.80. The third-order valence-corrected chi connectivity index (χ3v) is 9.57. The average molecular weight is 482 g/mol. The number of benzene rings is 3. The second kappa shape index (κ2) is 9.92. The van der Waals surface area contributed by atoms with Crippen LogP contribution < -0.4 is 4.90 Å². The molecule has 0 amide bonds. The highest BCUT2D eigenvalue weighted by Crippen LogP contribution is 2.49. The van der Waals surface area contributed by atoms with E-state index < -0.39 is 0 Å². The summed E-state index contributed by atoms with van der Waals surface area (Å²) >= 11 is 0. The summed E-state index contributed by atoms with van der Waals surface area (Å²) in [7, 11) is 0. The van der Waals surface area contributed by atoms with E-state index in [1.807, 2.05) is 0 Å². The maximum atomic E-state index is 2.64. The Morgan fingerprint density at radius 2 is 0.556 bits per heavy atom. The molecule has 0 saturated heterocycles. The van der Waals surface area contributed by atoms with Gasteiger partial charge in [-0.3, -0.25) is 0 Å². The van der Waals surface area contributed by atoms with Crippen LogP contribution in [-0.2, 0) is 0 Å². The van der Waals surface area contributed by atoms with Gasteiger partial charge in [-0.2, -0.15) is 0 Å². The summed E-state index contributed by atoms with van der Waals surface area (Å²) in [6.45, 7) is 34.3. The number of nitrogens with zero attached hydrogens (tertiary/aromatic N) is 1. The molecule has 192 valence electrons. The van der Waals surface area contributed by atoms with Gasteiger partial charge in [0.1, 0.15) is 0 Å². The molecule has 0 aliphatic heterocycles. The van der Waals surface area contributed by atoms with Crippen LogP contribution >= 0.6 is 0 Å². The molecule has 0 aliphatic carbocycles. The van der Waals surface area contributed by atoms with Crippen LogP contribution in [0.25, 0.3) is 6.08 Å². The quantitative estimate of drug-likeness (QED) is 0.358. The van der Waals surface area contributed by atoms with Gasteiger partial charge in [0.25, 0.3) is 0 Å². The van der Waals surface area contributed by atoms with Crippen molar-refractivity contribution in [2.45, 2.75) is 104 Å². The summed E-state index contributed by atoms with van der Waals surface area (Å²) in [5, 5.41) is 0. The van der Waals surface area contributed by atoms with Gasteiger partial charge in [-0.25, -0.2) is 0 Å². The van der Waals surface area contributed by atoms with E-state index in [-0.39, 0.29) is 0 Å². The maximum Gasteiger partial charge on any atom is 0.0526 e. The SMILES string of the molecule is CC=Cc1c(C)c(C)c(N(c2c(C)c(C)c(C)c(C)c2C)c2c(C)c(C)c(C)c(C)c2C)c(C)c1C. The summed E-state index contributed by atoms with van der Waals surface area (Å²) in [6, 6.07) is 0. The van der Waals surface area contributed by atoms with Crippen molar-refractivity contribution in [2.75, 3.05) is 4.90 Å². The normalized spacial score (nSPS) is 11.6. The summed E-state index contributed by atoms with van der Waals surface area (Å²) in [6.07, 6.45) is 4.43. The number of hydrogen-bond acceptors (Lipinski definition) is 1. The highest BCUT2D eigenvalue weighted by atomic mass is 15.2. The van der Waals surface area contributed by atoms with Gasteiger partial charge in [-0.05, 0) is 187 Å². The van der Waals surface area contributed by atoms with Crippen molar-refractivity contribution in [1.29, 1.82) is 0 Å². The van der Waals surface area contributed by atoms with E-state index in [1.54, 1.807) is 0 Å². The summed E-state index contributed by atoms with van der Waals surface area (Å²) in [5.74, 6) is 0. The molecule has 36 heavy (non-hydrogen) atoms. The second-order valence-electron chi connectivity index (χ2n) is 11.0. The first-order valence-electron chi connectivity index (χ1n) is 13.4. The van der Waals surface area contributed by atoms with Crippen LogP contribution in [0.3, 0.4) is 0 Å². The zero-order valence-electron chi connectivity index (χ0n) is 25.6. The summed E-state index contributed by atoms with van der Waals surface area (Å²) < 4.78 is 0. The molecule has 0 aromatic heterocycles. The highest BCUT2D eigenvalue weighted by Gasteiger charge is 2.29. The second-order valence-corrected chi connectivity index (χ2v) is 11.0. The third-order valence-electron chi connectivity index (χ3n) is 9.57. The smallest absolute Gasteiger partial charge is 0.0526 e. The number of hydrogen-bond donors (Lipinski definition) is 0. The van der Waals surface area contributed by atoms with Gasteiger partial charge in [-0.1, -0.05) is 12.2 Å². The Morgan fingerprint density at radius 1 is 0.333 bits per heavy atom. The molecular weight excluding hydrogens is 434 g/mol. The molecule has 1 heteroatoms. The first kappa shape index (κ1) is 27.8. The maximum absolute atomic E-state index is 2.64. The van der Waals surface area contributed by atoms with Gasteiger partial charge < -0.3 is 4.90 Å². The van der Waals surface area contributed by atoms with Gasteiger partial charge in [0.05, 0.1) is 17.1 Å². The van der Waals surface area contributed by atoms with E-state index in [0.29, 0.717) is 0 Å². The Labute approximate surface area is 221 Å². The number of rotatable bonds is 4. The molecule has 0 saturated carbocycles. The molecule has 0 spiro atoms. The minimum absolute atomic E-state index is 1.33. The molecule has 0 bridgehead atoms. The van der Waals surface area contributed by atoms with E-state index in [9.17, 15) is 0 Å². The predicted octanol–water partition coefficient (Wildman–Crippen LogP) is 10.5. The standard InChI is InChI=1S/C35H47N/c1-16-17-32-24(8)30(14)35(31(15)25(32)9)36(33-26(10)20(4)18(2)21(5)27(33)11)34-28(12)22(6)19(3)23(7)29(34)13/h16-17H,1-15H3. The zero-order valence-corrected chi connectivity index (χ0v) is 25.6. The number of anilines is 3. The largest absolute Gasteiger partial charge is 0.309 e. The van der Waals surface area contributed by atoms with Crippen molar-refractivity contribution in [1.82, 2.24) is 0 Å². The van der Waals surface area contributed by atoms with E-state index in [0.717, 1.165) is 0 Å². The van der Waals surface area contributed by atoms with Gasteiger partial charge in [0.2, 0.25) is 0 Å². The lowest BCUT2D eigenvalue weighted by Gasteiger charge is -2.37. The van der Waals surface area contributed by atoms with E-state index in [1.165, 1.54) is 101 Å². The van der Waals surface area contributed by atoms with Gasteiger partial charge in [0, 0.05) is 0 Å². The van der Waals surface area contributed by atoms with Crippen molar-refractivity contribution in [3.05, 3.63) is 89.5 Å². The van der Waals surface area contributed by atoms with E-state index in [2.05, 4.69) is 121 Å². The third kappa shape index (κ3) is 4.01. The van der Waals surface area contributed by atoms with E-state index in [4.69, 9.17) is 0 Å². The molecule has 0 atom stereocenters. The molecule has 0 fully saturated rings. The number of allylic oxidation sites excluding steroid dienone is 1. The monoisotopic (exact) mass is 481 g/mol. The lowest BCUT2D eigenvalue weighted by Crippen LogP contribution is -2.21. The molecule has 3 aromatic carbocycles. The Balaban J connectivity index is 2.68. The van der Waals surface area contributed by atoms with Crippen molar-refractivity contribution in [3.8, 4) is 0 Å². The van der Waals surface area contributed by atoms with Crippen LogP contribution in [-0.4, -0.2) is 0 Å². The topological polar surface area (TPSA) is 3.24 Å². The minimum atomic E-state index is 1.33. The molecular formula is C35H47N. The van der Waals surface area contributed by atoms with Crippen molar-refractivity contribution in [2.24, 2.45) is 0 Å². The zero-order chi connectivity index (χ0) is 27.4.